The molecule has 1 aromatic rings. The molecule has 5 heteroatoms. The van der Waals surface area contributed by atoms with Crippen molar-refractivity contribution in [1.82, 2.24) is 14.8 Å². The third kappa shape index (κ3) is 3.01. The van der Waals surface area contributed by atoms with Crippen LogP contribution in [0.25, 0.3) is 0 Å². The van der Waals surface area contributed by atoms with Crippen LogP contribution in [0.1, 0.15) is 57.3 Å². The highest BCUT2D eigenvalue weighted by Gasteiger charge is 2.30. The van der Waals surface area contributed by atoms with Gasteiger partial charge in [0.2, 0.25) is 0 Å². The van der Waals surface area contributed by atoms with Crippen molar-refractivity contribution in [3.05, 3.63) is 5.82 Å². The lowest BCUT2D eigenvalue weighted by atomic mass is 10.2. The Balaban J connectivity index is 2.03. The first kappa shape index (κ1) is 12.4. The summed E-state index contributed by atoms with van der Waals surface area (Å²) in [6, 6.07) is 2.80. The minimum atomic E-state index is 0.427. The number of hydrogen-bond donors (Lipinski definition) is 0. The third-order valence-corrected chi connectivity index (χ3v) is 3.81. The Morgan fingerprint density at radius 3 is 2.82 bits per heavy atom. The van der Waals surface area contributed by atoms with Crippen LogP contribution < -0.4 is 0 Å². The molecule has 1 aliphatic carbocycles. The smallest absolute Gasteiger partial charge is 0.191 e. The monoisotopic (exact) mass is 250 g/mol. The Labute approximate surface area is 106 Å². The summed E-state index contributed by atoms with van der Waals surface area (Å²) < 4.78 is 2.31. The lowest BCUT2D eigenvalue weighted by molar-refractivity contribution is 0.599. The zero-order valence-electron chi connectivity index (χ0n) is 10.4. The Hall–Kier alpha value is -1.02. The maximum atomic E-state index is 8.50. The van der Waals surface area contributed by atoms with E-state index in [2.05, 4.69) is 34.7 Å². The summed E-state index contributed by atoms with van der Waals surface area (Å²) in [5.74, 6) is 2.49. The third-order valence-electron chi connectivity index (χ3n) is 2.78. The standard InChI is InChI=1S/C12H18N4S/c1-9(2)11-14-15-12(16(11)10-5-6-10)17-8-4-3-7-13/h9-10H,3-6,8H2,1-2H3. The Kier molecular flexibility index (Phi) is 4.06. The SMILES string of the molecule is CC(C)c1nnc(SCCCC#N)n1C1CC1. The summed E-state index contributed by atoms with van der Waals surface area (Å²) in [5.41, 5.74) is 0. The van der Waals surface area contributed by atoms with Crippen LogP contribution >= 0.6 is 11.8 Å². The molecule has 92 valence electrons. The molecule has 1 heterocycles. The molecule has 0 bridgehead atoms. The van der Waals surface area contributed by atoms with Crippen molar-refractivity contribution in [3.8, 4) is 6.07 Å². The average molecular weight is 250 g/mol. The molecular weight excluding hydrogens is 232 g/mol. The van der Waals surface area contributed by atoms with Crippen molar-refractivity contribution in [3.63, 3.8) is 0 Å². The fourth-order valence-corrected chi connectivity index (χ4v) is 2.72. The van der Waals surface area contributed by atoms with E-state index in [4.69, 9.17) is 5.26 Å². The highest BCUT2D eigenvalue weighted by atomic mass is 32.2. The van der Waals surface area contributed by atoms with Gasteiger partial charge in [0, 0.05) is 24.1 Å². The summed E-state index contributed by atoms with van der Waals surface area (Å²) in [7, 11) is 0. The minimum Gasteiger partial charge on any atom is -0.303 e. The summed E-state index contributed by atoms with van der Waals surface area (Å²) in [5, 5.41) is 18.1. The Morgan fingerprint density at radius 2 is 2.24 bits per heavy atom. The number of rotatable bonds is 6. The van der Waals surface area contributed by atoms with Crippen LogP contribution in [-0.4, -0.2) is 20.5 Å². The molecule has 0 aliphatic heterocycles. The number of thioether (sulfide) groups is 1. The van der Waals surface area contributed by atoms with Gasteiger partial charge in [0.15, 0.2) is 5.16 Å². The summed E-state index contributed by atoms with van der Waals surface area (Å²) in [4.78, 5) is 0. The van der Waals surface area contributed by atoms with E-state index in [-0.39, 0.29) is 0 Å². The zero-order valence-corrected chi connectivity index (χ0v) is 11.2. The van der Waals surface area contributed by atoms with Gasteiger partial charge in [-0.05, 0) is 19.3 Å². The largest absolute Gasteiger partial charge is 0.303 e. The van der Waals surface area contributed by atoms with Crippen LogP contribution in [0.4, 0.5) is 0 Å². The second-order valence-corrected chi connectivity index (χ2v) is 5.77. The molecule has 2 rings (SSSR count). The topological polar surface area (TPSA) is 54.5 Å². The first-order valence-corrected chi connectivity index (χ1v) is 7.17. The second kappa shape index (κ2) is 5.54. The van der Waals surface area contributed by atoms with Crippen molar-refractivity contribution >= 4 is 11.8 Å². The summed E-state index contributed by atoms with van der Waals surface area (Å²) in [6.45, 7) is 4.32. The minimum absolute atomic E-state index is 0.427. The van der Waals surface area contributed by atoms with Crippen LogP contribution in [0.3, 0.4) is 0 Å². The molecule has 1 saturated carbocycles. The predicted octanol–water partition coefficient (Wildman–Crippen LogP) is 3.13. The molecule has 17 heavy (non-hydrogen) atoms. The molecular formula is C12H18N4S. The Bertz CT molecular complexity index is 415. The normalized spacial score (nSPS) is 15.2. The molecule has 0 amide bonds. The molecule has 0 saturated heterocycles. The van der Waals surface area contributed by atoms with Gasteiger partial charge in [0.05, 0.1) is 6.07 Å². The molecule has 0 radical (unpaired) electrons. The van der Waals surface area contributed by atoms with Crippen molar-refractivity contribution in [1.29, 1.82) is 5.26 Å². The molecule has 0 unspecified atom stereocenters. The van der Waals surface area contributed by atoms with E-state index in [1.165, 1.54) is 12.8 Å². The van der Waals surface area contributed by atoms with Crippen LogP contribution in [0.2, 0.25) is 0 Å². The van der Waals surface area contributed by atoms with Gasteiger partial charge < -0.3 is 4.57 Å². The lowest BCUT2D eigenvalue weighted by Crippen LogP contribution is -2.04. The molecule has 1 fully saturated rings. The first-order chi connectivity index (χ1) is 8.24. The van der Waals surface area contributed by atoms with Gasteiger partial charge in [-0.2, -0.15) is 5.26 Å². The number of nitriles is 1. The van der Waals surface area contributed by atoms with Crippen LogP contribution in [0.5, 0.6) is 0 Å². The van der Waals surface area contributed by atoms with E-state index in [1.807, 2.05) is 0 Å². The summed E-state index contributed by atoms with van der Waals surface area (Å²) >= 11 is 1.73. The number of unbranched alkanes of at least 4 members (excludes halogenated alkanes) is 1. The van der Waals surface area contributed by atoms with E-state index >= 15 is 0 Å². The van der Waals surface area contributed by atoms with E-state index in [9.17, 15) is 0 Å². The van der Waals surface area contributed by atoms with Gasteiger partial charge in [0.1, 0.15) is 5.82 Å². The molecule has 0 spiro atoms. The predicted molar refractivity (Wildman–Crippen MR) is 68.0 cm³/mol. The lowest BCUT2D eigenvalue weighted by Gasteiger charge is -2.10. The molecule has 1 aromatic heterocycles. The van der Waals surface area contributed by atoms with Gasteiger partial charge in [0.25, 0.3) is 0 Å². The number of nitrogens with zero attached hydrogens (tertiary/aromatic N) is 4. The van der Waals surface area contributed by atoms with E-state index in [0.29, 0.717) is 18.4 Å². The van der Waals surface area contributed by atoms with Crippen LogP contribution in [0, 0.1) is 11.3 Å². The number of aromatic nitrogens is 3. The van der Waals surface area contributed by atoms with Gasteiger partial charge in [-0.1, -0.05) is 25.6 Å². The van der Waals surface area contributed by atoms with E-state index < -0.39 is 0 Å². The zero-order chi connectivity index (χ0) is 12.3. The highest BCUT2D eigenvalue weighted by molar-refractivity contribution is 7.99. The average Bonchev–Trinajstić information content (AvgIpc) is 3.05. The van der Waals surface area contributed by atoms with Crippen LogP contribution in [0.15, 0.2) is 5.16 Å². The van der Waals surface area contributed by atoms with Gasteiger partial charge in [-0.25, -0.2) is 0 Å². The number of hydrogen-bond acceptors (Lipinski definition) is 4. The van der Waals surface area contributed by atoms with Crippen molar-refractivity contribution in [2.75, 3.05) is 5.75 Å². The maximum absolute atomic E-state index is 8.50. The van der Waals surface area contributed by atoms with Gasteiger partial charge in [-0.3, -0.25) is 0 Å². The fourth-order valence-electron chi connectivity index (χ4n) is 1.77. The quantitative estimate of drug-likeness (QED) is 0.575. The molecule has 0 atom stereocenters. The van der Waals surface area contributed by atoms with Crippen molar-refractivity contribution < 1.29 is 0 Å². The molecule has 0 aromatic carbocycles. The van der Waals surface area contributed by atoms with E-state index in [0.717, 1.165) is 23.2 Å². The molecule has 1 aliphatic rings. The fraction of sp³-hybridized carbons (Fsp3) is 0.750. The van der Waals surface area contributed by atoms with Crippen molar-refractivity contribution in [2.24, 2.45) is 0 Å². The Morgan fingerprint density at radius 1 is 1.47 bits per heavy atom. The first-order valence-electron chi connectivity index (χ1n) is 6.18. The maximum Gasteiger partial charge on any atom is 0.191 e. The molecule has 0 N–H and O–H groups in total. The molecule has 4 nitrogen and oxygen atoms in total. The highest BCUT2D eigenvalue weighted by Crippen LogP contribution is 2.40. The van der Waals surface area contributed by atoms with E-state index in [1.54, 1.807) is 11.8 Å². The summed E-state index contributed by atoms with van der Waals surface area (Å²) in [6.07, 6.45) is 4.06. The second-order valence-electron chi connectivity index (χ2n) is 4.71. The van der Waals surface area contributed by atoms with Gasteiger partial charge >= 0.3 is 0 Å². The van der Waals surface area contributed by atoms with Gasteiger partial charge in [-0.15, -0.1) is 10.2 Å². The van der Waals surface area contributed by atoms with Crippen molar-refractivity contribution in [2.45, 2.75) is 56.6 Å². The van der Waals surface area contributed by atoms with Crippen LogP contribution in [-0.2, 0) is 0 Å².